The van der Waals surface area contributed by atoms with E-state index in [4.69, 9.17) is 23.7 Å². The van der Waals surface area contributed by atoms with E-state index in [1.165, 1.54) is 12.0 Å². The molecule has 1 aliphatic rings. The smallest absolute Gasteiger partial charge is 0.329 e. The minimum atomic E-state index is -1.17. The normalized spacial score (nSPS) is 15.6. The Morgan fingerprint density at radius 1 is 0.714 bits per heavy atom. The van der Waals surface area contributed by atoms with Crippen LogP contribution in [0.4, 0.5) is 0 Å². The lowest BCUT2D eigenvalue weighted by atomic mass is 9.86. The van der Waals surface area contributed by atoms with Crippen LogP contribution in [0.5, 0.6) is 17.2 Å². The summed E-state index contributed by atoms with van der Waals surface area (Å²) in [7, 11) is 2.80. The molecular weight excluding hydrogens is 622 g/mol. The first-order chi connectivity index (χ1) is 23.6. The average Bonchev–Trinajstić information content (AvgIpc) is 3.47. The zero-order valence-electron chi connectivity index (χ0n) is 28.4. The molecule has 0 bridgehead atoms. The van der Waals surface area contributed by atoms with Crippen molar-refractivity contribution in [2.45, 2.75) is 52.0 Å². The number of carbonyl (C=O) groups excluding carboxylic acids is 3. The first kappa shape index (κ1) is 34.8. The van der Waals surface area contributed by atoms with Crippen molar-refractivity contribution in [3.8, 4) is 17.2 Å². The number of hydrogen-bond acceptors (Lipinski definition) is 8. The van der Waals surface area contributed by atoms with Crippen molar-refractivity contribution in [1.82, 2.24) is 4.90 Å². The Bertz CT molecular complexity index is 1780. The molecule has 1 amide bonds. The Morgan fingerprint density at radius 2 is 1.27 bits per heavy atom. The molecule has 0 aromatic heterocycles. The predicted molar refractivity (Wildman–Crippen MR) is 185 cm³/mol. The van der Waals surface area contributed by atoms with Crippen LogP contribution < -0.4 is 14.2 Å². The molecule has 2 atom stereocenters. The Kier molecular flexibility index (Phi) is 11.0. The Balaban J connectivity index is 1.67. The summed E-state index contributed by atoms with van der Waals surface area (Å²) in [5.41, 5.74) is 2.45. The molecule has 5 rings (SSSR count). The fourth-order valence-electron chi connectivity index (χ4n) is 5.73. The molecule has 254 valence electrons. The van der Waals surface area contributed by atoms with Gasteiger partial charge in [0.2, 0.25) is 5.75 Å². The molecule has 0 radical (unpaired) electrons. The minimum Gasteiger partial charge on any atom is -0.493 e. The van der Waals surface area contributed by atoms with Gasteiger partial charge in [-0.3, -0.25) is 14.5 Å². The van der Waals surface area contributed by atoms with Crippen LogP contribution in [0, 0.1) is 5.92 Å². The largest absolute Gasteiger partial charge is 0.493 e. The highest BCUT2D eigenvalue weighted by Gasteiger charge is 2.46. The third-order valence-electron chi connectivity index (χ3n) is 7.92. The summed E-state index contributed by atoms with van der Waals surface area (Å²) in [5, 5.41) is 0. The number of carbonyl (C=O) groups is 3. The maximum Gasteiger partial charge on any atom is 0.329 e. The number of nitrogens with zero attached hydrogens (tertiary/aromatic N) is 1. The molecule has 4 aromatic rings. The topological polar surface area (TPSA) is 101 Å². The fourth-order valence-corrected chi connectivity index (χ4v) is 5.73. The van der Waals surface area contributed by atoms with Crippen LogP contribution in [-0.4, -0.2) is 48.6 Å². The number of amides is 1. The van der Waals surface area contributed by atoms with Crippen molar-refractivity contribution >= 4 is 23.4 Å². The van der Waals surface area contributed by atoms with Crippen molar-refractivity contribution in [3.05, 3.63) is 132 Å². The molecule has 9 heteroatoms. The summed E-state index contributed by atoms with van der Waals surface area (Å²) in [6, 6.07) is 30.3. The van der Waals surface area contributed by atoms with Gasteiger partial charge in [-0.15, -0.1) is 0 Å². The molecule has 0 fully saturated rings. The third kappa shape index (κ3) is 8.48. The van der Waals surface area contributed by atoms with Gasteiger partial charge in [0.1, 0.15) is 24.9 Å². The van der Waals surface area contributed by atoms with Crippen LogP contribution in [0.1, 0.15) is 54.2 Å². The van der Waals surface area contributed by atoms with Gasteiger partial charge < -0.3 is 23.7 Å². The lowest BCUT2D eigenvalue weighted by Crippen LogP contribution is -2.44. The van der Waals surface area contributed by atoms with Crippen LogP contribution >= 0.6 is 0 Å². The molecule has 1 aliphatic heterocycles. The van der Waals surface area contributed by atoms with Gasteiger partial charge in [-0.25, -0.2) is 4.79 Å². The maximum atomic E-state index is 14.0. The molecule has 0 saturated carbocycles. The minimum absolute atomic E-state index is 0.180. The van der Waals surface area contributed by atoms with Gasteiger partial charge in [-0.05, 0) is 61.7 Å². The Morgan fingerprint density at radius 3 is 1.80 bits per heavy atom. The van der Waals surface area contributed by atoms with E-state index in [9.17, 15) is 14.4 Å². The van der Waals surface area contributed by atoms with E-state index >= 15 is 0 Å². The van der Waals surface area contributed by atoms with E-state index in [-0.39, 0.29) is 19.6 Å². The van der Waals surface area contributed by atoms with Gasteiger partial charge in [0.15, 0.2) is 11.5 Å². The summed E-state index contributed by atoms with van der Waals surface area (Å²) in [6.45, 7) is 5.71. The molecule has 0 aliphatic carbocycles. The summed E-state index contributed by atoms with van der Waals surface area (Å²) in [5.74, 6) is -1.41. The SMILES string of the molecule is COC(=O)[C@@H]1[C@@H](CC(=O)OC(C)(C)C)C(c2ccc(OC)c(OCc3ccccc3)c2OCc2ccccc2)=CN1C(=O)c1ccccc1. The van der Waals surface area contributed by atoms with Crippen LogP contribution in [0.15, 0.2) is 109 Å². The zero-order valence-corrected chi connectivity index (χ0v) is 28.4. The molecule has 1 heterocycles. The van der Waals surface area contributed by atoms with E-state index in [1.807, 2.05) is 60.7 Å². The number of ether oxygens (including phenoxy) is 5. The van der Waals surface area contributed by atoms with Gasteiger partial charge in [-0.2, -0.15) is 0 Å². The number of rotatable bonds is 12. The van der Waals surface area contributed by atoms with Crippen LogP contribution in [0.25, 0.3) is 5.57 Å². The average molecular weight is 664 g/mol. The molecule has 0 N–H and O–H groups in total. The van der Waals surface area contributed by atoms with Gasteiger partial charge in [-0.1, -0.05) is 78.9 Å². The van der Waals surface area contributed by atoms with Crippen LogP contribution in [0.3, 0.4) is 0 Å². The van der Waals surface area contributed by atoms with Gasteiger partial charge in [0.25, 0.3) is 5.91 Å². The second-order valence-electron chi connectivity index (χ2n) is 12.6. The Labute approximate surface area is 287 Å². The van der Waals surface area contributed by atoms with Gasteiger partial charge >= 0.3 is 11.9 Å². The van der Waals surface area contributed by atoms with E-state index in [2.05, 4.69) is 0 Å². The summed E-state index contributed by atoms with van der Waals surface area (Å²) in [6.07, 6.45) is 1.38. The molecule has 49 heavy (non-hydrogen) atoms. The van der Waals surface area contributed by atoms with Gasteiger partial charge in [0, 0.05) is 23.2 Å². The number of benzene rings is 4. The first-order valence-corrected chi connectivity index (χ1v) is 16.0. The lowest BCUT2D eigenvalue weighted by molar-refractivity contribution is -0.156. The molecule has 0 unspecified atom stereocenters. The van der Waals surface area contributed by atoms with Crippen molar-refractivity contribution in [2.75, 3.05) is 14.2 Å². The third-order valence-corrected chi connectivity index (χ3v) is 7.92. The van der Waals surface area contributed by atoms with E-state index < -0.39 is 35.4 Å². The summed E-state index contributed by atoms with van der Waals surface area (Å²) >= 11 is 0. The van der Waals surface area contributed by atoms with Crippen molar-refractivity contribution in [2.24, 2.45) is 5.92 Å². The van der Waals surface area contributed by atoms with Crippen molar-refractivity contribution in [1.29, 1.82) is 0 Å². The van der Waals surface area contributed by atoms with E-state index in [1.54, 1.807) is 76.5 Å². The zero-order chi connectivity index (χ0) is 35.0. The Hall–Kier alpha value is -5.57. The van der Waals surface area contributed by atoms with E-state index in [0.717, 1.165) is 11.1 Å². The summed E-state index contributed by atoms with van der Waals surface area (Å²) < 4.78 is 29.7. The number of methoxy groups -OCH3 is 2. The predicted octanol–water partition coefficient (Wildman–Crippen LogP) is 7.24. The molecule has 0 spiro atoms. The highest BCUT2D eigenvalue weighted by Crippen LogP contribution is 2.49. The van der Waals surface area contributed by atoms with Crippen LogP contribution in [-0.2, 0) is 32.3 Å². The molecule has 9 nitrogen and oxygen atoms in total. The van der Waals surface area contributed by atoms with Gasteiger partial charge in [0.05, 0.1) is 20.6 Å². The monoisotopic (exact) mass is 663 g/mol. The maximum absolute atomic E-state index is 14.0. The highest BCUT2D eigenvalue weighted by atomic mass is 16.6. The number of hydrogen-bond donors (Lipinski definition) is 0. The lowest BCUT2D eigenvalue weighted by Gasteiger charge is -2.28. The summed E-state index contributed by atoms with van der Waals surface area (Å²) in [4.78, 5) is 42.3. The number of esters is 2. The molecule has 4 aromatic carbocycles. The standard InChI is InChI=1S/C40H41NO8/c1-40(2,3)49-34(42)23-31-32(24-41(35(31)39(44)46-5)38(43)29-19-13-8-14-20-29)30-21-22-33(45-4)37(48-26-28-17-11-7-12-18-28)36(30)47-25-27-15-9-6-10-16-27/h6-22,24,31,35H,23,25-26H2,1-5H3/t31-,35-/m0/s1. The van der Waals surface area contributed by atoms with Crippen molar-refractivity contribution in [3.63, 3.8) is 0 Å². The molecular formula is C40H41NO8. The first-order valence-electron chi connectivity index (χ1n) is 16.0. The van der Waals surface area contributed by atoms with Crippen molar-refractivity contribution < 1.29 is 38.1 Å². The van der Waals surface area contributed by atoms with Crippen LogP contribution in [0.2, 0.25) is 0 Å². The second kappa shape index (κ2) is 15.6. The molecule has 0 saturated heterocycles. The van der Waals surface area contributed by atoms with E-state index in [0.29, 0.717) is 33.9 Å². The fraction of sp³-hybridized carbons (Fsp3) is 0.275. The highest BCUT2D eigenvalue weighted by molar-refractivity contribution is 6.01. The second-order valence-corrected chi connectivity index (χ2v) is 12.6. The quantitative estimate of drug-likeness (QED) is 0.146.